The van der Waals surface area contributed by atoms with Crippen LogP contribution < -0.4 is 4.74 Å². The van der Waals surface area contributed by atoms with E-state index in [0.29, 0.717) is 41.9 Å². The number of ketones is 1. The molecule has 0 spiro atoms. The van der Waals surface area contributed by atoms with Crippen LogP contribution in [0.4, 0.5) is 0 Å². The molecule has 0 aliphatic heterocycles. The first kappa shape index (κ1) is 18.9. The lowest BCUT2D eigenvalue weighted by molar-refractivity contribution is -0.120. The summed E-state index contributed by atoms with van der Waals surface area (Å²) in [5.41, 5.74) is 6.58. The van der Waals surface area contributed by atoms with Gasteiger partial charge < -0.3 is 9.72 Å². The summed E-state index contributed by atoms with van der Waals surface area (Å²) in [7, 11) is 1.66. The number of aromatic amines is 1. The molecule has 0 unspecified atom stereocenters. The molecule has 0 saturated heterocycles. The standard InChI is InChI=1S/C24H26N4O2/c1-14(2)22-19-10-16(15-4-7-18(29)8-5-15)6-9-20(19)27-23(22)17-11-21(30-3)24-25-13-26-28(24)12-17/h6,9-15,27H,4-5,7-8H2,1-3H3. The fourth-order valence-electron chi connectivity index (χ4n) is 4.77. The van der Waals surface area contributed by atoms with Gasteiger partial charge in [0.25, 0.3) is 0 Å². The number of carbonyl (C=O) groups excluding carboxylic acids is 1. The zero-order valence-corrected chi connectivity index (χ0v) is 17.6. The number of nitrogens with one attached hydrogen (secondary N) is 1. The van der Waals surface area contributed by atoms with Gasteiger partial charge in [-0.1, -0.05) is 19.9 Å². The van der Waals surface area contributed by atoms with Crippen molar-refractivity contribution in [2.75, 3.05) is 7.11 Å². The summed E-state index contributed by atoms with van der Waals surface area (Å²) >= 11 is 0. The van der Waals surface area contributed by atoms with Crippen molar-refractivity contribution in [1.29, 1.82) is 0 Å². The lowest BCUT2D eigenvalue weighted by atomic mass is 9.83. The number of fused-ring (bicyclic) bond motifs is 2. The molecule has 5 rings (SSSR count). The summed E-state index contributed by atoms with van der Waals surface area (Å²) in [6.45, 7) is 4.45. The Hall–Kier alpha value is -3.15. The van der Waals surface area contributed by atoms with Crippen molar-refractivity contribution < 1.29 is 9.53 Å². The second kappa shape index (κ2) is 7.27. The van der Waals surface area contributed by atoms with Crippen LogP contribution in [0.3, 0.4) is 0 Å². The fourth-order valence-corrected chi connectivity index (χ4v) is 4.77. The fraction of sp³-hybridized carbons (Fsp3) is 0.375. The van der Waals surface area contributed by atoms with E-state index >= 15 is 0 Å². The SMILES string of the molecule is COc1cc(-c2[nH]c3ccc(C4CCC(=O)CC4)cc3c2C(C)C)cn2ncnc12. The molecule has 6 heteroatoms. The van der Waals surface area contributed by atoms with E-state index in [0.717, 1.165) is 29.6 Å². The van der Waals surface area contributed by atoms with Crippen molar-refractivity contribution in [3.05, 3.63) is 47.9 Å². The molecular weight excluding hydrogens is 376 g/mol. The number of H-pyrrole nitrogens is 1. The van der Waals surface area contributed by atoms with E-state index in [4.69, 9.17) is 4.74 Å². The molecule has 0 amide bonds. The molecule has 3 heterocycles. The number of Topliss-reactive ketones (excluding diaryl/α,β-unsaturated/α-hetero) is 1. The van der Waals surface area contributed by atoms with Crippen LogP contribution >= 0.6 is 0 Å². The Labute approximate surface area is 175 Å². The Morgan fingerprint density at radius 2 is 2.00 bits per heavy atom. The molecule has 1 aliphatic rings. The van der Waals surface area contributed by atoms with E-state index in [9.17, 15) is 4.79 Å². The molecule has 4 aromatic rings. The maximum Gasteiger partial charge on any atom is 0.197 e. The third-order valence-corrected chi connectivity index (χ3v) is 6.30. The van der Waals surface area contributed by atoms with Crippen molar-refractivity contribution in [3.8, 4) is 17.0 Å². The third kappa shape index (κ3) is 3.07. The normalized spacial score (nSPS) is 15.5. The molecule has 3 aromatic heterocycles. The highest BCUT2D eigenvalue weighted by Gasteiger charge is 2.23. The maximum atomic E-state index is 11.7. The van der Waals surface area contributed by atoms with Crippen LogP contribution in [0.2, 0.25) is 0 Å². The largest absolute Gasteiger partial charge is 0.493 e. The highest BCUT2D eigenvalue weighted by Crippen LogP contribution is 2.39. The minimum atomic E-state index is 0.342. The number of pyridine rings is 1. The van der Waals surface area contributed by atoms with Crippen LogP contribution in [0, 0.1) is 0 Å². The number of hydrogen-bond acceptors (Lipinski definition) is 4. The Morgan fingerprint density at radius 3 is 2.73 bits per heavy atom. The Bertz CT molecular complexity index is 1240. The number of nitrogens with zero attached hydrogens (tertiary/aromatic N) is 3. The number of hydrogen-bond donors (Lipinski definition) is 1. The van der Waals surface area contributed by atoms with Crippen molar-refractivity contribution in [2.45, 2.75) is 51.4 Å². The van der Waals surface area contributed by atoms with Crippen molar-refractivity contribution in [3.63, 3.8) is 0 Å². The zero-order chi connectivity index (χ0) is 20.8. The smallest absolute Gasteiger partial charge is 0.197 e. The van der Waals surface area contributed by atoms with Crippen molar-refractivity contribution in [2.24, 2.45) is 0 Å². The second-order valence-electron chi connectivity index (χ2n) is 8.51. The lowest BCUT2D eigenvalue weighted by Gasteiger charge is -2.21. The van der Waals surface area contributed by atoms with Crippen LogP contribution in [0.25, 0.3) is 27.8 Å². The summed E-state index contributed by atoms with van der Waals surface area (Å²) in [5.74, 6) is 1.91. The average molecular weight is 402 g/mol. The van der Waals surface area contributed by atoms with E-state index in [-0.39, 0.29) is 0 Å². The first-order chi connectivity index (χ1) is 14.5. The Morgan fingerprint density at radius 1 is 1.20 bits per heavy atom. The van der Waals surface area contributed by atoms with Crippen LogP contribution in [-0.2, 0) is 4.79 Å². The summed E-state index contributed by atoms with van der Waals surface area (Å²) in [6.07, 6.45) is 6.86. The van der Waals surface area contributed by atoms with Crippen LogP contribution in [0.5, 0.6) is 5.75 Å². The van der Waals surface area contributed by atoms with Gasteiger partial charge in [0.05, 0.1) is 12.8 Å². The van der Waals surface area contributed by atoms with Gasteiger partial charge in [0.2, 0.25) is 0 Å². The van der Waals surface area contributed by atoms with E-state index in [2.05, 4.69) is 47.1 Å². The van der Waals surface area contributed by atoms with Crippen molar-refractivity contribution in [1.82, 2.24) is 19.6 Å². The number of benzene rings is 1. The Kier molecular flexibility index (Phi) is 4.57. The summed E-state index contributed by atoms with van der Waals surface area (Å²) < 4.78 is 7.32. The predicted octanol–water partition coefficient (Wildman–Crippen LogP) is 5.24. The van der Waals surface area contributed by atoms with Gasteiger partial charge in [-0.15, -0.1) is 0 Å². The van der Waals surface area contributed by atoms with E-state index in [1.165, 1.54) is 22.8 Å². The molecule has 1 saturated carbocycles. The van der Waals surface area contributed by atoms with E-state index in [1.54, 1.807) is 11.6 Å². The lowest BCUT2D eigenvalue weighted by Crippen LogP contribution is -2.12. The van der Waals surface area contributed by atoms with Gasteiger partial charge in [-0.05, 0) is 54.0 Å². The molecule has 30 heavy (non-hydrogen) atoms. The van der Waals surface area contributed by atoms with Crippen LogP contribution in [-0.4, -0.2) is 32.5 Å². The van der Waals surface area contributed by atoms with Gasteiger partial charge in [-0.3, -0.25) is 4.79 Å². The summed E-state index contributed by atoms with van der Waals surface area (Å²) in [4.78, 5) is 19.6. The summed E-state index contributed by atoms with van der Waals surface area (Å²) in [5, 5.41) is 5.56. The second-order valence-corrected chi connectivity index (χ2v) is 8.51. The molecular formula is C24H26N4O2. The number of methoxy groups -OCH3 is 1. The number of carbonyl (C=O) groups is 1. The topological polar surface area (TPSA) is 72.3 Å². The molecule has 1 aliphatic carbocycles. The minimum absolute atomic E-state index is 0.342. The molecule has 6 nitrogen and oxygen atoms in total. The van der Waals surface area contributed by atoms with Crippen molar-refractivity contribution >= 4 is 22.3 Å². The van der Waals surface area contributed by atoms with Crippen LogP contribution in [0.15, 0.2) is 36.8 Å². The number of ether oxygens (including phenoxy) is 1. The first-order valence-electron chi connectivity index (χ1n) is 10.6. The third-order valence-electron chi connectivity index (χ3n) is 6.30. The molecule has 0 bridgehead atoms. The van der Waals surface area contributed by atoms with Gasteiger partial charge in [0.1, 0.15) is 12.1 Å². The first-order valence-corrected chi connectivity index (χ1v) is 10.6. The van der Waals surface area contributed by atoms with Gasteiger partial charge in [0.15, 0.2) is 11.4 Å². The van der Waals surface area contributed by atoms with Gasteiger partial charge in [-0.2, -0.15) is 5.10 Å². The highest BCUT2D eigenvalue weighted by atomic mass is 16.5. The molecule has 154 valence electrons. The maximum absolute atomic E-state index is 11.7. The van der Waals surface area contributed by atoms with Gasteiger partial charge in [-0.25, -0.2) is 9.50 Å². The van der Waals surface area contributed by atoms with E-state index in [1.807, 2.05) is 12.3 Å². The highest BCUT2D eigenvalue weighted by molar-refractivity contribution is 5.92. The Balaban J connectivity index is 1.66. The number of rotatable bonds is 4. The molecule has 1 aromatic carbocycles. The average Bonchev–Trinajstić information content (AvgIpc) is 3.37. The monoisotopic (exact) mass is 402 g/mol. The predicted molar refractivity (Wildman–Crippen MR) is 117 cm³/mol. The van der Waals surface area contributed by atoms with Crippen LogP contribution in [0.1, 0.15) is 62.5 Å². The van der Waals surface area contributed by atoms with Gasteiger partial charge >= 0.3 is 0 Å². The molecule has 1 N–H and O–H groups in total. The molecule has 1 fully saturated rings. The zero-order valence-electron chi connectivity index (χ0n) is 17.6. The van der Waals surface area contributed by atoms with Gasteiger partial charge in [0, 0.05) is 35.5 Å². The molecule has 0 atom stereocenters. The minimum Gasteiger partial charge on any atom is -0.493 e. The van der Waals surface area contributed by atoms with E-state index < -0.39 is 0 Å². The molecule has 0 radical (unpaired) electrons. The summed E-state index contributed by atoms with van der Waals surface area (Å²) in [6, 6.07) is 8.75. The quantitative estimate of drug-likeness (QED) is 0.507. The number of aromatic nitrogens is 4.